The van der Waals surface area contributed by atoms with Gasteiger partial charge in [-0.05, 0) is 12.3 Å². The smallest absolute Gasteiger partial charge is 0.328 e. The van der Waals surface area contributed by atoms with Gasteiger partial charge in [0.05, 0.1) is 7.11 Å². The first-order valence-corrected chi connectivity index (χ1v) is 6.27. The number of carbonyl (C=O) groups excluding carboxylic acids is 2. The average Bonchev–Trinajstić information content (AvgIpc) is 2.35. The van der Waals surface area contributed by atoms with E-state index in [0.717, 1.165) is 4.90 Å². The molecule has 0 aliphatic carbocycles. The van der Waals surface area contributed by atoms with E-state index in [4.69, 9.17) is 5.11 Å². The van der Waals surface area contributed by atoms with Crippen LogP contribution in [0.1, 0.15) is 20.3 Å². The van der Waals surface area contributed by atoms with E-state index >= 15 is 0 Å². The van der Waals surface area contributed by atoms with Crippen LogP contribution in [-0.4, -0.2) is 54.2 Å². The molecular weight excluding hydrogens is 264 g/mol. The van der Waals surface area contributed by atoms with Gasteiger partial charge in [-0.15, -0.1) is 6.58 Å². The lowest BCUT2D eigenvalue weighted by atomic mass is 10.0. The molecule has 0 aliphatic heterocycles. The normalized spacial score (nSPS) is 11.6. The van der Waals surface area contributed by atoms with Crippen molar-refractivity contribution < 1.29 is 24.2 Å². The summed E-state index contributed by atoms with van der Waals surface area (Å²) < 4.78 is 4.63. The minimum atomic E-state index is -1.14. The molecule has 0 rings (SSSR count). The zero-order valence-corrected chi connectivity index (χ0v) is 12.1. The standard InChI is InChI=1S/C13H22N2O5/c1-5-6-15(8-11(16)17)13(19)14-10(7-9(2)3)12(18)20-4/h5,9-10H,1,6-8H2,2-4H3,(H,14,19)(H,16,17). The fourth-order valence-corrected chi connectivity index (χ4v) is 1.61. The summed E-state index contributed by atoms with van der Waals surface area (Å²) in [7, 11) is 1.24. The van der Waals surface area contributed by atoms with Crippen LogP contribution in [0.2, 0.25) is 0 Å². The van der Waals surface area contributed by atoms with Gasteiger partial charge in [0.25, 0.3) is 0 Å². The molecule has 7 nitrogen and oxygen atoms in total. The highest BCUT2D eigenvalue weighted by Crippen LogP contribution is 2.07. The number of urea groups is 1. The molecule has 0 heterocycles. The highest BCUT2D eigenvalue weighted by Gasteiger charge is 2.25. The Hall–Kier alpha value is -2.05. The molecule has 1 atom stereocenters. The van der Waals surface area contributed by atoms with Gasteiger partial charge < -0.3 is 20.1 Å². The quantitative estimate of drug-likeness (QED) is 0.509. The Morgan fingerprint density at radius 3 is 2.40 bits per heavy atom. The molecule has 0 bridgehead atoms. The average molecular weight is 286 g/mol. The van der Waals surface area contributed by atoms with Gasteiger partial charge in [0.15, 0.2) is 0 Å². The van der Waals surface area contributed by atoms with E-state index in [1.807, 2.05) is 13.8 Å². The maximum Gasteiger partial charge on any atom is 0.328 e. The van der Waals surface area contributed by atoms with Crippen LogP contribution in [0.5, 0.6) is 0 Å². The van der Waals surface area contributed by atoms with Gasteiger partial charge in [-0.1, -0.05) is 19.9 Å². The summed E-state index contributed by atoms with van der Waals surface area (Å²) in [5.74, 6) is -1.52. The second-order valence-electron chi connectivity index (χ2n) is 4.72. The van der Waals surface area contributed by atoms with Crippen molar-refractivity contribution in [2.24, 2.45) is 5.92 Å². The second kappa shape index (κ2) is 8.95. The summed E-state index contributed by atoms with van der Waals surface area (Å²) in [5.41, 5.74) is 0. The maximum absolute atomic E-state index is 12.0. The summed E-state index contributed by atoms with van der Waals surface area (Å²) in [4.78, 5) is 35.3. The minimum absolute atomic E-state index is 0.0771. The Morgan fingerprint density at radius 1 is 1.40 bits per heavy atom. The molecule has 20 heavy (non-hydrogen) atoms. The first kappa shape index (κ1) is 17.9. The SMILES string of the molecule is C=CCN(CC(=O)O)C(=O)NC(CC(C)C)C(=O)OC. The first-order valence-electron chi connectivity index (χ1n) is 6.27. The third kappa shape index (κ3) is 6.77. The van der Waals surface area contributed by atoms with Crippen LogP contribution in [0.15, 0.2) is 12.7 Å². The van der Waals surface area contributed by atoms with Gasteiger partial charge in [0, 0.05) is 6.54 Å². The molecule has 1 unspecified atom stereocenters. The molecule has 0 aromatic carbocycles. The van der Waals surface area contributed by atoms with Crippen LogP contribution in [0.25, 0.3) is 0 Å². The van der Waals surface area contributed by atoms with Gasteiger partial charge in [-0.25, -0.2) is 9.59 Å². The number of hydrogen-bond acceptors (Lipinski definition) is 4. The minimum Gasteiger partial charge on any atom is -0.480 e. The molecule has 0 saturated carbocycles. The van der Waals surface area contributed by atoms with Crippen LogP contribution >= 0.6 is 0 Å². The monoisotopic (exact) mass is 286 g/mol. The van der Waals surface area contributed by atoms with Crippen molar-refractivity contribution in [3.05, 3.63) is 12.7 Å². The van der Waals surface area contributed by atoms with E-state index in [1.165, 1.54) is 13.2 Å². The Morgan fingerprint density at radius 2 is 2.00 bits per heavy atom. The third-order valence-electron chi connectivity index (χ3n) is 2.45. The molecule has 0 aromatic heterocycles. The number of carboxylic acids is 1. The number of nitrogens with zero attached hydrogens (tertiary/aromatic N) is 1. The third-order valence-corrected chi connectivity index (χ3v) is 2.45. The number of carboxylic acid groups (broad SMARTS) is 1. The zero-order valence-electron chi connectivity index (χ0n) is 12.1. The lowest BCUT2D eigenvalue weighted by Crippen LogP contribution is -2.50. The van der Waals surface area contributed by atoms with E-state index in [0.29, 0.717) is 6.42 Å². The highest BCUT2D eigenvalue weighted by molar-refractivity contribution is 5.85. The zero-order chi connectivity index (χ0) is 15.7. The van der Waals surface area contributed by atoms with E-state index in [1.54, 1.807) is 0 Å². The van der Waals surface area contributed by atoms with E-state index < -0.39 is 30.6 Å². The number of amides is 2. The first-order chi connectivity index (χ1) is 9.31. The van der Waals surface area contributed by atoms with Crippen LogP contribution in [-0.2, 0) is 14.3 Å². The molecule has 0 saturated heterocycles. The topological polar surface area (TPSA) is 95.9 Å². The fourth-order valence-electron chi connectivity index (χ4n) is 1.61. The van der Waals surface area contributed by atoms with Crippen molar-refractivity contribution in [1.82, 2.24) is 10.2 Å². The molecule has 2 N–H and O–H groups in total. The Labute approximate surface area is 118 Å². The summed E-state index contributed by atoms with van der Waals surface area (Å²) in [6, 6.07) is -1.43. The number of methoxy groups -OCH3 is 1. The van der Waals surface area contributed by atoms with Crippen molar-refractivity contribution in [1.29, 1.82) is 0 Å². The van der Waals surface area contributed by atoms with E-state index in [9.17, 15) is 14.4 Å². The molecule has 114 valence electrons. The second-order valence-corrected chi connectivity index (χ2v) is 4.72. The Kier molecular flexibility index (Phi) is 8.03. The van der Waals surface area contributed by atoms with Crippen LogP contribution in [0, 0.1) is 5.92 Å². The van der Waals surface area contributed by atoms with Crippen LogP contribution in [0.3, 0.4) is 0 Å². The van der Waals surface area contributed by atoms with Crippen molar-refractivity contribution in [3.8, 4) is 0 Å². The predicted molar refractivity (Wildman–Crippen MR) is 73.2 cm³/mol. The van der Waals surface area contributed by atoms with Gasteiger partial charge in [-0.2, -0.15) is 0 Å². The van der Waals surface area contributed by atoms with Crippen LogP contribution in [0.4, 0.5) is 4.79 Å². The van der Waals surface area contributed by atoms with Crippen molar-refractivity contribution in [2.45, 2.75) is 26.3 Å². The van der Waals surface area contributed by atoms with Crippen molar-refractivity contribution in [2.75, 3.05) is 20.2 Å². The molecule has 0 fully saturated rings. The number of aliphatic carboxylic acids is 1. The number of ether oxygens (including phenoxy) is 1. The molecule has 0 aliphatic rings. The Balaban J connectivity index is 4.80. The lowest BCUT2D eigenvalue weighted by molar-refractivity contribution is -0.143. The molecule has 0 spiro atoms. The van der Waals surface area contributed by atoms with E-state index in [-0.39, 0.29) is 12.5 Å². The molecule has 0 radical (unpaired) electrons. The molecule has 0 aromatic rings. The number of carbonyl (C=O) groups is 3. The number of rotatable bonds is 8. The number of nitrogens with one attached hydrogen (secondary N) is 1. The van der Waals surface area contributed by atoms with Gasteiger partial charge in [-0.3, -0.25) is 4.79 Å². The molecular formula is C13H22N2O5. The highest BCUT2D eigenvalue weighted by atomic mass is 16.5. The summed E-state index contributed by atoms with van der Waals surface area (Å²) in [5, 5.41) is 11.2. The number of esters is 1. The summed E-state index contributed by atoms with van der Waals surface area (Å²) >= 11 is 0. The maximum atomic E-state index is 12.0. The molecule has 7 heteroatoms. The Bertz CT molecular complexity index is 368. The largest absolute Gasteiger partial charge is 0.480 e. The fraction of sp³-hybridized carbons (Fsp3) is 0.615. The van der Waals surface area contributed by atoms with Crippen molar-refractivity contribution in [3.63, 3.8) is 0 Å². The molecule has 2 amide bonds. The lowest BCUT2D eigenvalue weighted by Gasteiger charge is -2.24. The van der Waals surface area contributed by atoms with E-state index in [2.05, 4.69) is 16.6 Å². The predicted octanol–water partition coefficient (Wildman–Crippen LogP) is 0.856. The van der Waals surface area contributed by atoms with Gasteiger partial charge >= 0.3 is 18.0 Å². The number of hydrogen-bond donors (Lipinski definition) is 2. The van der Waals surface area contributed by atoms with Crippen LogP contribution < -0.4 is 5.32 Å². The summed E-state index contributed by atoms with van der Waals surface area (Å²) in [6.45, 7) is 6.88. The van der Waals surface area contributed by atoms with Crippen molar-refractivity contribution >= 4 is 18.0 Å². The van der Waals surface area contributed by atoms with Gasteiger partial charge in [0.2, 0.25) is 0 Å². The van der Waals surface area contributed by atoms with Gasteiger partial charge in [0.1, 0.15) is 12.6 Å². The summed E-state index contributed by atoms with van der Waals surface area (Å²) in [6.07, 6.45) is 1.82.